The zero-order valence-corrected chi connectivity index (χ0v) is 11.4. The predicted octanol–water partition coefficient (Wildman–Crippen LogP) is 4.84. The van der Waals surface area contributed by atoms with E-state index in [1.807, 2.05) is 31.2 Å². The van der Waals surface area contributed by atoms with Crippen LogP contribution in [0, 0.1) is 18.6 Å². The minimum Gasteiger partial charge on any atom is -0.204 e. The van der Waals surface area contributed by atoms with Gasteiger partial charge in [-0.3, -0.25) is 0 Å². The molecular weight excluding hydrogens is 266 g/mol. The van der Waals surface area contributed by atoms with Gasteiger partial charge in [0.05, 0.1) is 0 Å². The molecule has 0 saturated heterocycles. The SMILES string of the molecule is Cc1ccccc1C(CCl)Cc1cccc(F)c1F. The lowest BCUT2D eigenvalue weighted by atomic mass is 9.90. The van der Waals surface area contributed by atoms with Crippen molar-refractivity contribution in [3.8, 4) is 0 Å². The van der Waals surface area contributed by atoms with Crippen molar-refractivity contribution in [2.75, 3.05) is 5.88 Å². The fraction of sp³-hybridized carbons (Fsp3) is 0.250. The predicted molar refractivity (Wildman–Crippen MR) is 74.7 cm³/mol. The Morgan fingerprint density at radius 2 is 1.79 bits per heavy atom. The fourth-order valence-electron chi connectivity index (χ4n) is 2.26. The van der Waals surface area contributed by atoms with Crippen LogP contribution in [0.15, 0.2) is 42.5 Å². The van der Waals surface area contributed by atoms with E-state index in [4.69, 9.17) is 11.6 Å². The highest BCUT2D eigenvalue weighted by Gasteiger charge is 2.16. The molecule has 0 aliphatic rings. The average Bonchev–Trinajstić information content (AvgIpc) is 2.41. The minimum absolute atomic E-state index is 0.0147. The van der Waals surface area contributed by atoms with Gasteiger partial charge in [0.25, 0.3) is 0 Å². The highest BCUT2D eigenvalue weighted by Crippen LogP contribution is 2.26. The molecule has 0 N–H and O–H groups in total. The van der Waals surface area contributed by atoms with Crippen LogP contribution in [0.2, 0.25) is 0 Å². The Balaban J connectivity index is 2.30. The summed E-state index contributed by atoms with van der Waals surface area (Å²) >= 11 is 6.00. The molecular formula is C16H15ClF2. The number of rotatable bonds is 4. The third-order valence-corrected chi connectivity index (χ3v) is 3.68. The van der Waals surface area contributed by atoms with Gasteiger partial charge < -0.3 is 0 Å². The molecule has 19 heavy (non-hydrogen) atoms. The van der Waals surface area contributed by atoms with Gasteiger partial charge in [-0.15, -0.1) is 11.6 Å². The maximum absolute atomic E-state index is 13.7. The van der Waals surface area contributed by atoms with Gasteiger partial charge in [0.15, 0.2) is 11.6 Å². The van der Waals surface area contributed by atoms with Crippen LogP contribution in [0.4, 0.5) is 8.78 Å². The van der Waals surface area contributed by atoms with E-state index < -0.39 is 11.6 Å². The number of benzene rings is 2. The number of alkyl halides is 1. The molecule has 2 aromatic rings. The van der Waals surface area contributed by atoms with E-state index in [0.29, 0.717) is 17.9 Å². The molecule has 100 valence electrons. The van der Waals surface area contributed by atoms with Crippen molar-refractivity contribution < 1.29 is 8.78 Å². The van der Waals surface area contributed by atoms with Crippen LogP contribution < -0.4 is 0 Å². The van der Waals surface area contributed by atoms with Gasteiger partial charge in [-0.2, -0.15) is 0 Å². The molecule has 0 amide bonds. The van der Waals surface area contributed by atoms with E-state index in [-0.39, 0.29) is 5.92 Å². The van der Waals surface area contributed by atoms with Crippen molar-refractivity contribution in [3.05, 3.63) is 70.8 Å². The van der Waals surface area contributed by atoms with Crippen LogP contribution in [0.25, 0.3) is 0 Å². The Kier molecular flexibility index (Phi) is 4.54. The van der Waals surface area contributed by atoms with E-state index >= 15 is 0 Å². The lowest BCUT2D eigenvalue weighted by Crippen LogP contribution is -2.08. The summed E-state index contributed by atoms with van der Waals surface area (Å²) in [5.41, 5.74) is 2.57. The molecule has 0 aliphatic heterocycles. The van der Waals surface area contributed by atoms with Gasteiger partial charge in [0.2, 0.25) is 0 Å². The van der Waals surface area contributed by atoms with Crippen molar-refractivity contribution in [2.45, 2.75) is 19.3 Å². The second-order valence-electron chi connectivity index (χ2n) is 4.62. The first-order valence-corrected chi connectivity index (χ1v) is 6.71. The van der Waals surface area contributed by atoms with Crippen molar-refractivity contribution in [3.63, 3.8) is 0 Å². The first kappa shape index (κ1) is 14.0. The van der Waals surface area contributed by atoms with E-state index in [1.54, 1.807) is 6.07 Å². The summed E-state index contributed by atoms with van der Waals surface area (Å²) in [5.74, 6) is -1.22. The third kappa shape index (κ3) is 3.13. The quantitative estimate of drug-likeness (QED) is 0.703. The van der Waals surface area contributed by atoms with Gasteiger partial charge in [0, 0.05) is 11.8 Å². The molecule has 0 aromatic heterocycles. The molecule has 0 aliphatic carbocycles. The molecule has 0 heterocycles. The summed E-state index contributed by atoms with van der Waals surface area (Å²) in [5, 5.41) is 0. The Morgan fingerprint density at radius 3 is 2.47 bits per heavy atom. The molecule has 0 nitrogen and oxygen atoms in total. The monoisotopic (exact) mass is 280 g/mol. The second-order valence-corrected chi connectivity index (χ2v) is 4.93. The zero-order valence-electron chi connectivity index (χ0n) is 10.7. The molecule has 0 saturated carbocycles. The topological polar surface area (TPSA) is 0 Å². The molecule has 1 atom stereocenters. The smallest absolute Gasteiger partial charge is 0.162 e. The van der Waals surface area contributed by atoms with Gasteiger partial charge in [0.1, 0.15) is 0 Å². The maximum atomic E-state index is 13.7. The highest BCUT2D eigenvalue weighted by atomic mass is 35.5. The molecule has 0 bridgehead atoms. The molecule has 3 heteroatoms. The molecule has 2 rings (SSSR count). The van der Waals surface area contributed by atoms with Crippen LogP contribution >= 0.6 is 11.6 Å². The summed E-state index contributed by atoms with van der Waals surface area (Å²) in [7, 11) is 0. The van der Waals surface area contributed by atoms with E-state index in [9.17, 15) is 8.78 Å². The molecule has 0 radical (unpaired) electrons. The Morgan fingerprint density at radius 1 is 1.05 bits per heavy atom. The summed E-state index contributed by atoms with van der Waals surface area (Å²) in [6, 6.07) is 12.1. The summed E-state index contributed by atoms with van der Waals surface area (Å²) in [6.45, 7) is 2.00. The molecule has 2 aromatic carbocycles. The van der Waals surface area contributed by atoms with Crippen molar-refractivity contribution >= 4 is 11.6 Å². The largest absolute Gasteiger partial charge is 0.204 e. The number of halogens is 3. The zero-order chi connectivity index (χ0) is 13.8. The second kappa shape index (κ2) is 6.16. The molecule has 1 unspecified atom stereocenters. The number of hydrogen-bond donors (Lipinski definition) is 0. The lowest BCUT2D eigenvalue weighted by Gasteiger charge is -2.17. The van der Waals surface area contributed by atoms with Crippen molar-refractivity contribution in [1.29, 1.82) is 0 Å². The summed E-state index contributed by atoms with van der Waals surface area (Å²) < 4.78 is 26.9. The summed E-state index contributed by atoms with van der Waals surface area (Å²) in [4.78, 5) is 0. The van der Waals surface area contributed by atoms with Gasteiger partial charge in [-0.1, -0.05) is 36.4 Å². The molecule has 0 fully saturated rings. The maximum Gasteiger partial charge on any atom is 0.162 e. The third-order valence-electron chi connectivity index (χ3n) is 3.31. The van der Waals surface area contributed by atoms with Crippen molar-refractivity contribution in [2.24, 2.45) is 0 Å². The number of aryl methyl sites for hydroxylation is 1. The van der Waals surface area contributed by atoms with E-state index in [0.717, 1.165) is 17.2 Å². The van der Waals surface area contributed by atoms with Crippen LogP contribution in [0.1, 0.15) is 22.6 Å². The standard InChI is InChI=1S/C16H15ClF2/c1-11-5-2-3-7-14(11)13(10-17)9-12-6-4-8-15(18)16(12)19/h2-8,13H,9-10H2,1H3. The van der Waals surface area contributed by atoms with Crippen LogP contribution in [0.3, 0.4) is 0 Å². The first-order chi connectivity index (χ1) is 9.13. The normalized spacial score (nSPS) is 12.4. The summed E-state index contributed by atoms with van der Waals surface area (Å²) in [6.07, 6.45) is 0.401. The van der Waals surface area contributed by atoms with E-state index in [1.165, 1.54) is 6.07 Å². The van der Waals surface area contributed by atoms with E-state index in [2.05, 4.69) is 0 Å². The van der Waals surface area contributed by atoms with Crippen LogP contribution in [-0.2, 0) is 6.42 Å². The Hall–Kier alpha value is -1.41. The number of hydrogen-bond acceptors (Lipinski definition) is 0. The van der Waals surface area contributed by atoms with Gasteiger partial charge in [-0.25, -0.2) is 8.78 Å². The highest BCUT2D eigenvalue weighted by molar-refractivity contribution is 6.18. The lowest BCUT2D eigenvalue weighted by molar-refractivity contribution is 0.495. The Bertz CT molecular complexity index is 566. The molecule has 0 spiro atoms. The fourth-order valence-corrected chi connectivity index (χ4v) is 2.54. The van der Waals surface area contributed by atoms with Gasteiger partial charge in [-0.05, 0) is 36.1 Å². The minimum atomic E-state index is -0.810. The van der Waals surface area contributed by atoms with Crippen LogP contribution in [0.5, 0.6) is 0 Å². The first-order valence-electron chi connectivity index (χ1n) is 6.18. The Labute approximate surface area is 117 Å². The average molecular weight is 281 g/mol. The van der Waals surface area contributed by atoms with Crippen molar-refractivity contribution in [1.82, 2.24) is 0 Å². The van der Waals surface area contributed by atoms with Crippen LogP contribution in [-0.4, -0.2) is 5.88 Å². The van der Waals surface area contributed by atoms with Gasteiger partial charge >= 0.3 is 0 Å².